The maximum Gasteiger partial charge on any atom is 0.140 e. The third-order valence-corrected chi connectivity index (χ3v) is 2.52. The lowest BCUT2D eigenvalue weighted by Crippen LogP contribution is -2.09. The number of hydrazine groups is 1. The zero-order chi connectivity index (χ0) is 10.8. The predicted octanol–water partition coefficient (Wildman–Crippen LogP) is 2.64. The van der Waals surface area contributed by atoms with Crippen molar-refractivity contribution in [2.45, 2.75) is 19.8 Å². The molecule has 3 N–H and O–H groups in total. The van der Waals surface area contributed by atoms with E-state index in [0.29, 0.717) is 5.92 Å². The van der Waals surface area contributed by atoms with Gasteiger partial charge in [0.25, 0.3) is 0 Å². The Morgan fingerprint density at radius 3 is 2.67 bits per heavy atom. The first-order valence-corrected chi connectivity index (χ1v) is 5.08. The summed E-state index contributed by atoms with van der Waals surface area (Å²) in [7, 11) is 0. The molecule has 15 heavy (non-hydrogen) atoms. The van der Waals surface area contributed by atoms with E-state index in [1.54, 1.807) is 0 Å². The number of nitrogens with two attached hydrogens (primary N) is 1. The Hall–Kier alpha value is -1.61. The Morgan fingerprint density at radius 1 is 1.27 bits per heavy atom. The third-order valence-electron chi connectivity index (χ3n) is 2.52. The van der Waals surface area contributed by atoms with E-state index < -0.39 is 0 Å². The van der Waals surface area contributed by atoms with E-state index in [-0.39, 0.29) is 0 Å². The Labute approximate surface area is 89.3 Å². The summed E-state index contributed by atoms with van der Waals surface area (Å²) < 4.78 is 0. The normalized spacial score (nSPS) is 10.9. The molecular formula is C12H15N3. The van der Waals surface area contributed by atoms with Crippen molar-refractivity contribution in [2.75, 3.05) is 5.43 Å². The summed E-state index contributed by atoms with van der Waals surface area (Å²) in [5.41, 5.74) is 4.86. The molecule has 78 valence electrons. The second-order valence-corrected chi connectivity index (χ2v) is 3.91. The van der Waals surface area contributed by atoms with Gasteiger partial charge in [-0.2, -0.15) is 0 Å². The van der Waals surface area contributed by atoms with Crippen LogP contribution in [0, 0.1) is 0 Å². The number of hydrogen-bond donors (Lipinski definition) is 2. The maximum atomic E-state index is 5.40. The van der Waals surface area contributed by atoms with E-state index >= 15 is 0 Å². The molecule has 2 rings (SSSR count). The molecule has 0 radical (unpaired) electrons. The number of para-hydroxylation sites is 1. The van der Waals surface area contributed by atoms with Crippen molar-refractivity contribution >= 4 is 16.7 Å². The SMILES string of the molecule is CC(C)c1cc(NN)nc2ccccc12. The summed E-state index contributed by atoms with van der Waals surface area (Å²) in [5.74, 6) is 6.58. The summed E-state index contributed by atoms with van der Waals surface area (Å²) in [4.78, 5) is 4.40. The second kappa shape index (κ2) is 3.87. The van der Waals surface area contributed by atoms with Gasteiger partial charge < -0.3 is 5.43 Å². The lowest BCUT2D eigenvalue weighted by molar-refractivity contribution is 0.874. The minimum absolute atomic E-state index is 0.463. The molecule has 2 aromatic rings. The second-order valence-electron chi connectivity index (χ2n) is 3.91. The quantitative estimate of drug-likeness (QED) is 0.580. The molecule has 0 unspecified atom stereocenters. The minimum atomic E-state index is 0.463. The zero-order valence-electron chi connectivity index (χ0n) is 8.99. The van der Waals surface area contributed by atoms with Crippen LogP contribution >= 0.6 is 0 Å². The standard InChI is InChI=1S/C12H15N3/c1-8(2)10-7-12(15-13)14-11-6-4-3-5-9(10)11/h3-8H,13H2,1-2H3,(H,14,15). The van der Waals surface area contributed by atoms with Crippen molar-refractivity contribution in [3.8, 4) is 0 Å². The summed E-state index contributed by atoms with van der Waals surface area (Å²) in [5, 5.41) is 1.20. The van der Waals surface area contributed by atoms with Crippen molar-refractivity contribution in [1.29, 1.82) is 0 Å². The van der Waals surface area contributed by atoms with Crippen molar-refractivity contribution in [1.82, 2.24) is 4.98 Å². The molecule has 0 aliphatic rings. The van der Waals surface area contributed by atoms with Crippen molar-refractivity contribution in [3.63, 3.8) is 0 Å². The summed E-state index contributed by atoms with van der Waals surface area (Å²) in [6.45, 7) is 4.34. The van der Waals surface area contributed by atoms with Gasteiger partial charge in [-0.3, -0.25) is 0 Å². The molecule has 0 aliphatic carbocycles. The van der Waals surface area contributed by atoms with Gasteiger partial charge in [-0.1, -0.05) is 32.0 Å². The third kappa shape index (κ3) is 1.78. The molecule has 1 aromatic carbocycles. The highest BCUT2D eigenvalue weighted by Crippen LogP contribution is 2.26. The highest BCUT2D eigenvalue weighted by molar-refractivity contribution is 5.84. The van der Waals surface area contributed by atoms with Gasteiger partial charge in [0.15, 0.2) is 0 Å². The van der Waals surface area contributed by atoms with E-state index in [1.165, 1.54) is 10.9 Å². The first-order valence-electron chi connectivity index (χ1n) is 5.08. The van der Waals surface area contributed by atoms with Crippen LogP contribution in [-0.4, -0.2) is 4.98 Å². The van der Waals surface area contributed by atoms with Crippen LogP contribution in [0.25, 0.3) is 10.9 Å². The maximum absolute atomic E-state index is 5.40. The number of hydrogen-bond acceptors (Lipinski definition) is 3. The van der Waals surface area contributed by atoms with Crippen LogP contribution in [0.5, 0.6) is 0 Å². The Morgan fingerprint density at radius 2 is 2.00 bits per heavy atom. The molecular weight excluding hydrogens is 186 g/mol. The molecule has 1 aromatic heterocycles. The van der Waals surface area contributed by atoms with Crippen molar-refractivity contribution < 1.29 is 0 Å². The van der Waals surface area contributed by atoms with E-state index in [2.05, 4.69) is 30.3 Å². The van der Waals surface area contributed by atoms with Crippen molar-refractivity contribution in [2.24, 2.45) is 5.84 Å². The highest BCUT2D eigenvalue weighted by atomic mass is 15.2. The number of anilines is 1. The molecule has 1 heterocycles. The number of rotatable bonds is 2. The van der Waals surface area contributed by atoms with Crippen LogP contribution in [0.4, 0.5) is 5.82 Å². The van der Waals surface area contributed by atoms with Gasteiger partial charge in [-0.05, 0) is 23.6 Å². The van der Waals surface area contributed by atoms with E-state index in [0.717, 1.165) is 11.3 Å². The fourth-order valence-corrected chi connectivity index (χ4v) is 1.75. The average Bonchev–Trinajstić information content (AvgIpc) is 2.27. The van der Waals surface area contributed by atoms with Gasteiger partial charge in [0.2, 0.25) is 0 Å². The first kappa shape index (κ1) is 9.93. The minimum Gasteiger partial charge on any atom is -0.308 e. The molecule has 0 atom stereocenters. The summed E-state index contributed by atoms with van der Waals surface area (Å²) >= 11 is 0. The topological polar surface area (TPSA) is 50.9 Å². The van der Waals surface area contributed by atoms with Gasteiger partial charge in [0.05, 0.1) is 5.52 Å². The fraction of sp³-hybridized carbons (Fsp3) is 0.250. The molecule has 3 heteroatoms. The van der Waals surface area contributed by atoms with Crippen LogP contribution in [-0.2, 0) is 0 Å². The number of pyridine rings is 1. The van der Waals surface area contributed by atoms with Gasteiger partial charge in [0.1, 0.15) is 5.82 Å². The van der Waals surface area contributed by atoms with Crippen molar-refractivity contribution in [3.05, 3.63) is 35.9 Å². The summed E-state index contributed by atoms with van der Waals surface area (Å²) in [6.07, 6.45) is 0. The number of benzene rings is 1. The van der Waals surface area contributed by atoms with Crippen LogP contribution in [0.15, 0.2) is 30.3 Å². The number of aromatic nitrogens is 1. The van der Waals surface area contributed by atoms with E-state index in [9.17, 15) is 0 Å². The number of nitrogen functional groups attached to an aromatic ring is 1. The van der Waals surface area contributed by atoms with E-state index in [1.807, 2.05) is 24.3 Å². The number of fused-ring (bicyclic) bond motifs is 1. The van der Waals surface area contributed by atoms with Gasteiger partial charge in [-0.25, -0.2) is 10.8 Å². The molecule has 0 spiro atoms. The Bertz CT molecular complexity index is 477. The molecule has 0 amide bonds. The number of nitrogens with one attached hydrogen (secondary N) is 1. The van der Waals surface area contributed by atoms with Crippen LogP contribution in [0.1, 0.15) is 25.3 Å². The largest absolute Gasteiger partial charge is 0.308 e. The first-order chi connectivity index (χ1) is 7.22. The Balaban J connectivity index is 2.74. The highest BCUT2D eigenvalue weighted by Gasteiger charge is 2.07. The van der Waals surface area contributed by atoms with Crippen LogP contribution < -0.4 is 11.3 Å². The molecule has 0 saturated carbocycles. The molecule has 0 bridgehead atoms. The van der Waals surface area contributed by atoms with Gasteiger partial charge in [-0.15, -0.1) is 0 Å². The Kier molecular flexibility index (Phi) is 2.56. The molecule has 0 fully saturated rings. The predicted molar refractivity (Wildman–Crippen MR) is 63.6 cm³/mol. The van der Waals surface area contributed by atoms with Crippen LogP contribution in [0.3, 0.4) is 0 Å². The van der Waals surface area contributed by atoms with Gasteiger partial charge >= 0.3 is 0 Å². The molecule has 0 saturated heterocycles. The number of nitrogens with zero attached hydrogens (tertiary/aromatic N) is 1. The smallest absolute Gasteiger partial charge is 0.140 e. The lowest BCUT2D eigenvalue weighted by atomic mass is 9.99. The lowest BCUT2D eigenvalue weighted by Gasteiger charge is -2.11. The molecule has 3 nitrogen and oxygen atoms in total. The zero-order valence-corrected chi connectivity index (χ0v) is 8.99. The average molecular weight is 201 g/mol. The fourth-order valence-electron chi connectivity index (χ4n) is 1.75. The van der Waals surface area contributed by atoms with Gasteiger partial charge in [0, 0.05) is 5.39 Å². The van der Waals surface area contributed by atoms with Crippen LogP contribution in [0.2, 0.25) is 0 Å². The summed E-state index contributed by atoms with van der Waals surface area (Å²) in [6, 6.07) is 10.1. The monoisotopic (exact) mass is 201 g/mol. The molecule has 0 aliphatic heterocycles. The van der Waals surface area contributed by atoms with E-state index in [4.69, 9.17) is 5.84 Å².